The molecule has 5 aliphatic rings. The highest BCUT2D eigenvalue weighted by atomic mass is 32.1. The Morgan fingerprint density at radius 2 is 1.81 bits per heavy atom. The molecule has 6 heteroatoms. The zero-order valence-corrected chi connectivity index (χ0v) is 16.2. The van der Waals surface area contributed by atoms with Gasteiger partial charge in [-0.25, -0.2) is 0 Å². The summed E-state index contributed by atoms with van der Waals surface area (Å²) < 4.78 is 5.48. The maximum Gasteiger partial charge on any atom is 0.312 e. The average molecular weight is 385 g/mol. The van der Waals surface area contributed by atoms with Gasteiger partial charge in [0.15, 0.2) is 6.61 Å². The van der Waals surface area contributed by atoms with E-state index in [1.165, 1.54) is 35.5 Å². The lowest BCUT2D eigenvalue weighted by Crippen LogP contribution is -2.50. The molecule has 0 aliphatic heterocycles. The summed E-state index contributed by atoms with van der Waals surface area (Å²) in [7, 11) is 0. The van der Waals surface area contributed by atoms with Crippen LogP contribution >= 0.6 is 11.3 Å². The molecule has 0 unspecified atom stereocenters. The second kappa shape index (κ2) is 6.34. The van der Waals surface area contributed by atoms with E-state index in [0.29, 0.717) is 28.3 Å². The number of carbonyl (C=O) groups is 2. The van der Waals surface area contributed by atoms with Gasteiger partial charge >= 0.3 is 5.97 Å². The van der Waals surface area contributed by atoms with Gasteiger partial charge in [0.25, 0.3) is 5.91 Å². The highest BCUT2D eigenvalue weighted by Gasteiger charge is 2.55. The molecule has 27 heavy (non-hydrogen) atoms. The number of esters is 1. The number of ether oxygens (including phenoxy) is 1. The fourth-order valence-electron chi connectivity index (χ4n) is 6.42. The van der Waals surface area contributed by atoms with Crippen LogP contribution in [0, 0.1) is 34.5 Å². The van der Waals surface area contributed by atoms with Crippen LogP contribution in [-0.4, -0.2) is 18.5 Å². The summed E-state index contributed by atoms with van der Waals surface area (Å²) in [5, 5.41) is 12.8. The van der Waals surface area contributed by atoms with Crippen molar-refractivity contribution in [3.63, 3.8) is 0 Å². The monoisotopic (exact) mass is 384 g/mol. The Balaban J connectivity index is 1.22. The molecule has 0 saturated heterocycles. The van der Waals surface area contributed by atoms with Gasteiger partial charge in [-0.3, -0.25) is 9.59 Å². The summed E-state index contributed by atoms with van der Waals surface area (Å²) in [5.41, 5.74) is 1.34. The maximum absolute atomic E-state index is 12.8. The molecule has 0 spiro atoms. The van der Waals surface area contributed by atoms with Crippen molar-refractivity contribution < 1.29 is 14.3 Å². The van der Waals surface area contributed by atoms with Crippen LogP contribution in [0.3, 0.4) is 0 Å². The first-order valence-corrected chi connectivity index (χ1v) is 10.9. The number of aryl methyl sites for hydroxylation is 1. The minimum atomic E-state index is -0.343. The minimum absolute atomic E-state index is 0.175. The van der Waals surface area contributed by atoms with Crippen molar-refractivity contribution in [2.75, 3.05) is 11.9 Å². The summed E-state index contributed by atoms with van der Waals surface area (Å²) in [6.07, 6.45) is 9.60. The van der Waals surface area contributed by atoms with E-state index in [1.807, 2.05) is 0 Å². The molecule has 5 aliphatic carbocycles. The Labute approximate surface area is 163 Å². The fraction of sp³-hybridized carbons (Fsp3) is 0.667. The van der Waals surface area contributed by atoms with Gasteiger partial charge in [-0.05, 0) is 81.1 Å². The molecule has 0 radical (unpaired) electrons. The molecule has 1 aromatic heterocycles. The molecule has 1 amide bonds. The Hall–Kier alpha value is -1.87. The molecule has 1 heterocycles. The van der Waals surface area contributed by atoms with Crippen LogP contribution in [0.2, 0.25) is 0 Å². The molecule has 0 aromatic carbocycles. The lowest BCUT2D eigenvalue weighted by Gasteiger charge is -2.55. The molecule has 142 valence electrons. The number of hydrogen-bond donors (Lipinski definition) is 1. The van der Waals surface area contributed by atoms with Crippen molar-refractivity contribution in [2.24, 2.45) is 23.2 Å². The van der Waals surface area contributed by atoms with Crippen LogP contribution in [0.25, 0.3) is 0 Å². The first-order chi connectivity index (χ1) is 13.1. The third kappa shape index (κ3) is 2.87. The Morgan fingerprint density at radius 1 is 1.15 bits per heavy atom. The maximum atomic E-state index is 12.8. The number of carbonyl (C=O) groups excluding carboxylic acids is 2. The van der Waals surface area contributed by atoms with Crippen molar-refractivity contribution >= 4 is 28.2 Å². The van der Waals surface area contributed by atoms with Gasteiger partial charge in [0.2, 0.25) is 0 Å². The minimum Gasteiger partial charge on any atom is -0.455 e. The fourth-order valence-corrected chi connectivity index (χ4v) is 7.67. The van der Waals surface area contributed by atoms with Crippen LogP contribution in [0.5, 0.6) is 0 Å². The van der Waals surface area contributed by atoms with Gasteiger partial charge < -0.3 is 10.1 Å². The van der Waals surface area contributed by atoms with Crippen LogP contribution in [0.1, 0.15) is 60.9 Å². The number of fused-ring (bicyclic) bond motifs is 1. The Kier molecular flexibility index (Phi) is 4.05. The van der Waals surface area contributed by atoms with Gasteiger partial charge in [-0.2, -0.15) is 5.26 Å². The number of nitrogens with zero attached hydrogens (tertiary/aromatic N) is 1. The van der Waals surface area contributed by atoms with Gasteiger partial charge in [-0.1, -0.05) is 0 Å². The third-order valence-electron chi connectivity index (χ3n) is 7.09. The van der Waals surface area contributed by atoms with Crippen molar-refractivity contribution in [2.45, 2.75) is 57.8 Å². The highest BCUT2D eigenvalue weighted by Crippen LogP contribution is 2.60. The highest BCUT2D eigenvalue weighted by molar-refractivity contribution is 7.16. The number of amides is 1. The quantitative estimate of drug-likeness (QED) is 0.801. The number of nitriles is 1. The third-order valence-corrected chi connectivity index (χ3v) is 8.30. The lowest BCUT2D eigenvalue weighted by molar-refractivity contribution is -0.172. The van der Waals surface area contributed by atoms with Gasteiger partial charge in [0, 0.05) is 4.88 Å². The zero-order valence-electron chi connectivity index (χ0n) is 15.4. The van der Waals surface area contributed by atoms with Crippen LogP contribution in [0.15, 0.2) is 0 Å². The van der Waals surface area contributed by atoms with E-state index in [0.717, 1.165) is 44.1 Å². The first kappa shape index (κ1) is 17.2. The SMILES string of the molecule is N#Cc1c(NC(=O)COC(=O)C23CC4CC(CC(C4)C2)C3)sc2c1CCC2. The van der Waals surface area contributed by atoms with Crippen LogP contribution in [-0.2, 0) is 27.2 Å². The van der Waals surface area contributed by atoms with E-state index < -0.39 is 0 Å². The number of thiophene rings is 1. The van der Waals surface area contributed by atoms with Crippen LogP contribution < -0.4 is 5.32 Å². The zero-order chi connectivity index (χ0) is 18.6. The molecule has 1 N–H and O–H groups in total. The summed E-state index contributed by atoms with van der Waals surface area (Å²) >= 11 is 1.49. The molecule has 4 fully saturated rings. The predicted octanol–water partition coefficient (Wildman–Crippen LogP) is 3.81. The molecular weight excluding hydrogens is 360 g/mol. The standard InChI is InChI=1S/C21H24N2O3S/c22-10-16-15-2-1-3-17(15)27-19(16)23-18(24)11-26-20(25)21-7-12-4-13(8-21)6-14(5-12)9-21/h12-14H,1-9,11H2,(H,23,24). The molecular formula is C21H24N2O3S. The van der Waals surface area contributed by atoms with E-state index in [9.17, 15) is 14.9 Å². The van der Waals surface area contributed by atoms with Crippen molar-refractivity contribution in [3.8, 4) is 6.07 Å². The second-order valence-electron chi connectivity index (χ2n) is 9.00. The van der Waals surface area contributed by atoms with Gasteiger partial charge in [-0.15, -0.1) is 11.3 Å². The van der Waals surface area contributed by atoms with E-state index in [1.54, 1.807) is 0 Å². The van der Waals surface area contributed by atoms with E-state index in [-0.39, 0.29) is 23.9 Å². The smallest absolute Gasteiger partial charge is 0.312 e. The summed E-state index contributed by atoms with van der Waals surface area (Å²) in [6, 6.07) is 2.22. The van der Waals surface area contributed by atoms with Gasteiger partial charge in [0.1, 0.15) is 11.1 Å². The largest absolute Gasteiger partial charge is 0.455 e. The van der Waals surface area contributed by atoms with Gasteiger partial charge in [0.05, 0.1) is 11.0 Å². The predicted molar refractivity (Wildman–Crippen MR) is 101 cm³/mol. The number of nitrogens with one attached hydrogen (secondary N) is 1. The van der Waals surface area contributed by atoms with E-state index in [2.05, 4.69) is 11.4 Å². The molecule has 5 nitrogen and oxygen atoms in total. The Morgan fingerprint density at radius 3 is 2.44 bits per heavy atom. The normalized spacial score (nSPS) is 32.8. The number of anilines is 1. The Bertz CT molecular complexity index is 815. The number of hydrogen-bond acceptors (Lipinski definition) is 5. The summed E-state index contributed by atoms with van der Waals surface area (Å²) in [4.78, 5) is 26.4. The molecule has 6 rings (SSSR count). The summed E-state index contributed by atoms with van der Waals surface area (Å²) in [5.74, 6) is 1.49. The topological polar surface area (TPSA) is 79.2 Å². The van der Waals surface area contributed by atoms with E-state index in [4.69, 9.17) is 4.74 Å². The molecule has 4 saturated carbocycles. The lowest BCUT2D eigenvalue weighted by atomic mass is 9.49. The molecule has 1 aromatic rings. The van der Waals surface area contributed by atoms with E-state index >= 15 is 0 Å². The summed E-state index contributed by atoms with van der Waals surface area (Å²) in [6.45, 7) is -0.256. The first-order valence-electron chi connectivity index (χ1n) is 10.1. The average Bonchev–Trinajstić information content (AvgIpc) is 3.19. The number of rotatable bonds is 4. The van der Waals surface area contributed by atoms with Crippen LogP contribution in [0.4, 0.5) is 5.00 Å². The van der Waals surface area contributed by atoms with Crippen molar-refractivity contribution in [3.05, 3.63) is 16.0 Å². The van der Waals surface area contributed by atoms with Crippen molar-refractivity contribution in [1.82, 2.24) is 0 Å². The second-order valence-corrected chi connectivity index (χ2v) is 10.1. The van der Waals surface area contributed by atoms with Crippen molar-refractivity contribution in [1.29, 1.82) is 5.26 Å². The molecule has 0 atom stereocenters. The molecule has 4 bridgehead atoms.